The summed E-state index contributed by atoms with van der Waals surface area (Å²) in [4.78, 5) is 10.7. The number of nitrogens with two attached hydrogens (primary N) is 1. The van der Waals surface area contributed by atoms with Crippen LogP contribution in [0.4, 0.5) is 0 Å². The lowest BCUT2D eigenvalue weighted by molar-refractivity contribution is -0.110. The number of unbranched alkanes of at least 4 members (excludes halogenated alkanes) is 1. The molecule has 0 aliphatic rings. The third-order valence-electron chi connectivity index (χ3n) is 1.75. The predicted molar refractivity (Wildman–Crippen MR) is 55.6 cm³/mol. The fourth-order valence-corrected chi connectivity index (χ4v) is 1.24. The van der Waals surface area contributed by atoms with Gasteiger partial charge in [0.05, 0.1) is 6.04 Å². The molecule has 0 saturated carbocycles. The summed E-state index contributed by atoms with van der Waals surface area (Å²) in [5.41, 5.74) is 5.38. The highest BCUT2D eigenvalue weighted by molar-refractivity contribution is 5.57. The SMILES string of the molecule is CC(C)(C)N[C@H](C=O)CCCCN. The summed E-state index contributed by atoms with van der Waals surface area (Å²) in [5, 5.41) is 3.26. The van der Waals surface area contributed by atoms with Gasteiger partial charge in [0.1, 0.15) is 6.29 Å². The number of hydrogen-bond donors (Lipinski definition) is 2. The van der Waals surface area contributed by atoms with E-state index in [1.807, 2.05) is 0 Å². The Morgan fingerprint density at radius 2 is 2.00 bits per heavy atom. The molecule has 13 heavy (non-hydrogen) atoms. The molecule has 3 nitrogen and oxygen atoms in total. The van der Waals surface area contributed by atoms with Gasteiger partial charge in [-0.1, -0.05) is 6.42 Å². The molecule has 0 bridgehead atoms. The molecule has 0 aliphatic carbocycles. The van der Waals surface area contributed by atoms with Gasteiger partial charge < -0.3 is 15.8 Å². The van der Waals surface area contributed by atoms with E-state index in [0.717, 1.165) is 25.5 Å². The Morgan fingerprint density at radius 3 is 2.38 bits per heavy atom. The van der Waals surface area contributed by atoms with Crippen LogP contribution < -0.4 is 11.1 Å². The molecule has 0 aromatic carbocycles. The lowest BCUT2D eigenvalue weighted by Gasteiger charge is -2.25. The maximum Gasteiger partial charge on any atom is 0.136 e. The standard InChI is InChI=1S/C10H22N2O/c1-10(2,3)12-9(8-13)6-4-5-7-11/h8-9,12H,4-7,11H2,1-3H3/t9-/m0/s1. The van der Waals surface area contributed by atoms with Crippen molar-refractivity contribution in [1.82, 2.24) is 5.32 Å². The van der Waals surface area contributed by atoms with Crippen LogP contribution in [0.15, 0.2) is 0 Å². The Kier molecular flexibility index (Phi) is 5.91. The van der Waals surface area contributed by atoms with Crippen molar-refractivity contribution in [2.75, 3.05) is 6.54 Å². The molecule has 0 rings (SSSR count). The van der Waals surface area contributed by atoms with E-state index < -0.39 is 0 Å². The Hall–Kier alpha value is -0.410. The average molecular weight is 186 g/mol. The summed E-state index contributed by atoms with van der Waals surface area (Å²) >= 11 is 0. The first kappa shape index (κ1) is 12.6. The van der Waals surface area contributed by atoms with Gasteiger partial charge in [0.25, 0.3) is 0 Å². The van der Waals surface area contributed by atoms with Crippen LogP contribution in [0, 0.1) is 0 Å². The van der Waals surface area contributed by atoms with Crippen LogP contribution >= 0.6 is 0 Å². The average Bonchev–Trinajstić information content (AvgIpc) is 2.01. The first-order chi connectivity index (χ1) is 5.99. The summed E-state index contributed by atoms with van der Waals surface area (Å²) in [6.07, 6.45) is 3.89. The van der Waals surface area contributed by atoms with Crippen LogP contribution in [0.1, 0.15) is 40.0 Å². The van der Waals surface area contributed by atoms with E-state index in [1.165, 1.54) is 0 Å². The van der Waals surface area contributed by atoms with Gasteiger partial charge in [-0.05, 0) is 40.2 Å². The third kappa shape index (κ3) is 7.94. The molecule has 78 valence electrons. The van der Waals surface area contributed by atoms with E-state index in [2.05, 4.69) is 26.1 Å². The Labute approximate surface area is 81.1 Å². The summed E-state index contributed by atoms with van der Waals surface area (Å²) < 4.78 is 0. The molecule has 3 heteroatoms. The van der Waals surface area contributed by atoms with Crippen molar-refractivity contribution in [3.8, 4) is 0 Å². The Bertz CT molecular complexity index is 140. The minimum absolute atomic E-state index is 0.00823. The molecule has 0 radical (unpaired) electrons. The van der Waals surface area contributed by atoms with Crippen LogP contribution in [-0.4, -0.2) is 24.4 Å². The monoisotopic (exact) mass is 186 g/mol. The molecular weight excluding hydrogens is 164 g/mol. The molecule has 0 aromatic rings. The summed E-state index contributed by atoms with van der Waals surface area (Å²) in [6.45, 7) is 6.90. The van der Waals surface area contributed by atoms with Crippen LogP contribution in [0.2, 0.25) is 0 Å². The quantitative estimate of drug-likeness (QED) is 0.482. The Morgan fingerprint density at radius 1 is 1.38 bits per heavy atom. The van der Waals surface area contributed by atoms with Crippen molar-refractivity contribution in [2.24, 2.45) is 5.73 Å². The third-order valence-corrected chi connectivity index (χ3v) is 1.75. The molecule has 0 heterocycles. The molecule has 0 fully saturated rings. The predicted octanol–water partition coefficient (Wildman–Crippen LogP) is 1.07. The van der Waals surface area contributed by atoms with Gasteiger partial charge in [-0.25, -0.2) is 0 Å². The molecule has 1 atom stereocenters. The highest BCUT2D eigenvalue weighted by Gasteiger charge is 2.15. The fourth-order valence-electron chi connectivity index (χ4n) is 1.24. The molecule has 0 amide bonds. The van der Waals surface area contributed by atoms with Gasteiger partial charge in [-0.2, -0.15) is 0 Å². The second kappa shape index (κ2) is 6.11. The zero-order valence-corrected chi connectivity index (χ0v) is 8.97. The first-order valence-corrected chi connectivity index (χ1v) is 4.92. The normalized spacial score (nSPS) is 14.2. The largest absolute Gasteiger partial charge is 0.330 e. The van der Waals surface area contributed by atoms with Gasteiger partial charge in [-0.3, -0.25) is 0 Å². The molecule has 0 spiro atoms. The fraction of sp³-hybridized carbons (Fsp3) is 0.900. The van der Waals surface area contributed by atoms with E-state index in [4.69, 9.17) is 5.73 Å². The van der Waals surface area contributed by atoms with Crippen molar-refractivity contribution in [3.05, 3.63) is 0 Å². The van der Waals surface area contributed by atoms with Gasteiger partial charge in [-0.15, -0.1) is 0 Å². The number of carbonyl (C=O) groups excluding carboxylic acids is 1. The minimum Gasteiger partial charge on any atom is -0.330 e. The van der Waals surface area contributed by atoms with E-state index in [0.29, 0.717) is 6.54 Å². The van der Waals surface area contributed by atoms with Gasteiger partial charge in [0.2, 0.25) is 0 Å². The highest BCUT2D eigenvalue weighted by atomic mass is 16.1. The van der Waals surface area contributed by atoms with E-state index >= 15 is 0 Å². The maximum absolute atomic E-state index is 10.7. The van der Waals surface area contributed by atoms with Crippen LogP contribution in [0.5, 0.6) is 0 Å². The highest BCUT2D eigenvalue weighted by Crippen LogP contribution is 2.05. The second-order valence-corrected chi connectivity index (χ2v) is 4.42. The first-order valence-electron chi connectivity index (χ1n) is 4.92. The number of hydrogen-bond acceptors (Lipinski definition) is 3. The minimum atomic E-state index is -0.0217. The van der Waals surface area contributed by atoms with E-state index in [-0.39, 0.29) is 11.6 Å². The molecule has 0 unspecified atom stereocenters. The lowest BCUT2D eigenvalue weighted by Crippen LogP contribution is -2.44. The van der Waals surface area contributed by atoms with Crippen molar-refractivity contribution in [2.45, 2.75) is 51.6 Å². The van der Waals surface area contributed by atoms with Crippen LogP contribution in [-0.2, 0) is 4.79 Å². The zero-order valence-electron chi connectivity index (χ0n) is 8.97. The van der Waals surface area contributed by atoms with Gasteiger partial charge in [0.15, 0.2) is 0 Å². The van der Waals surface area contributed by atoms with Gasteiger partial charge >= 0.3 is 0 Å². The molecule has 0 aliphatic heterocycles. The Balaban J connectivity index is 3.70. The summed E-state index contributed by atoms with van der Waals surface area (Å²) in [7, 11) is 0. The number of carbonyl (C=O) groups is 1. The topological polar surface area (TPSA) is 55.1 Å². The molecule has 0 saturated heterocycles. The molecular formula is C10H22N2O. The number of nitrogens with one attached hydrogen (secondary N) is 1. The molecule has 3 N–H and O–H groups in total. The molecule has 0 aromatic heterocycles. The van der Waals surface area contributed by atoms with Gasteiger partial charge in [0, 0.05) is 5.54 Å². The summed E-state index contributed by atoms with van der Waals surface area (Å²) in [5.74, 6) is 0. The van der Waals surface area contributed by atoms with E-state index in [1.54, 1.807) is 0 Å². The van der Waals surface area contributed by atoms with Crippen molar-refractivity contribution >= 4 is 6.29 Å². The summed E-state index contributed by atoms with van der Waals surface area (Å²) in [6, 6.07) is -0.0217. The van der Waals surface area contributed by atoms with Crippen LogP contribution in [0.25, 0.3) is 0 Å². The maximum atomic E-state index is 10.7. The number of aldehydes is 1. The zero-order chi connectivity index (χ0) is 10.3. The smallest absolute Gasteiger partial charge is 0.136 e. The van der Waals surface area contributed by atoms with E-state index in [9.17, 15) is 4.79 Å². The van der Waals surface area contributed by atoms with Crippen molar-refractivity contribution in [1.29, 1.82) is 0 Å². The van der Waals surface area contributed by atoms with Crippen molar-refractivity contribution in [3.63, 3.8) is 0 Å². The second-order valence-electron chi connectivity index (χ2n) is 4.42. The number of rotatable bonds is 6. The van der Waals surface area contributed by atoms with Crippen molar-refractivity contribution < 1.29 is 4.79 Å². The van der Waals surface area contributed by atoms with Crippen LogP contribution in [0.3, 0.4) is 0 Å². The lowest BCUT2D eigenvalue weighted by atomic mass is 10.0.